The van der Waals surface area contributed by atoms with Gasteiger partial charge in [0.25, 0.3) is 0 Å². The quantitative estimate of drug-likeness (QED) is 0.649. The molecule has 66 valence electrons. The minimum atomic E-state index is -0.210. The molecule has 0 aliphatic carbocycles. The molecule has 0 saturated heterocycles. The molecule has 2 aromatic rings. The molecular weight excluding hydrogens is 167 g/mol. The van der Waals surface area contributed by atoms with Crippen LogP contribution in [0, 0.1) is 5.82 Å². The standard InChI is InChI=1S/C11H9FO/c1-13-11-5-3-8-6-10(12)4-2-9(8)7-11/h2-7H,1H3. The van der Waals surface area contributed by atoms with E-state index >= 15 is 0 Å². The summed E-state index contributed by atoms with van der Waals surface area (Å²) in [6, 6.07) is 10.2. The van der Waals surface area contributed by atoms with Crippen LogP contribution >= 0.6 is 0 Å². The summed E-state index contributed by atoms with van der Waals surface area (Å²) in [5, 5.41) is 1.88. The van der Waals surface area contributed by atoms with Crippen LogP contribution in [0.15, 0.2) is 36.4 Å². The van der Waals surface area contributed by atoms with E-state index in [9.17, 15) is 4.39 Å². The molecule has 0 aliphatic heterocycles. The zero-order valence-corrected chi connectivity index (χ0v) is 7.25. The third-order valence-electron chi connectivity index (χ3n) is 2.01. The number of ether oxygens (including phenoxy) is 1. The lowest BCUT2D eigenvalue weighted by Crippen LogP contribution is -1.82. The van der Waals surface area contributed by atoms with E-state index in [2.05, 4.69) is 0 Å². The first-order valence-electron chi connectivity index (χ1n) is 4.03. The maximum absolute atomic E-state index is 12.8. The zero-order valence-electron chi connectivity index (χ0n) is 7.25. The maximum atomic E-state index is 12.8. The van der Waals surface area contributed by atoms with Crippen molar-refractivity contribution in [3.63, 3.8) is 0 Å². The molecule has 0 spiro atoms. The number of benzene rings is 2. The molecule has 0 amide bonds. The van der Waals surface area contributed by atoms with E-state index in [1.54, 1.807) is 13.2 Å². The van der Waals surface area contributed by atoms with Crippen LogP contribution in [-0.2, 0) is 0 Å². The molecule has 1 nitrogen and oxygen atoms in total. The highest BCUT2D eigenvalue weighted by Crippen LogP contribution is 2.21. The van der Waals surface area contributed by atoms with Crippen LogP contribution in [-0.4, -0.2) is 7.11 Å². The predicted octanol–water partition coefficient (Wildman–Crippen LogP) is 2.99. The van der Waals surface area contributed by atoms with Gasteiger partial charge >= 0.3 is 0 Å². The van der Waals surface area contributed by atoms with E-state index in [0.29, 0.717) is 0 Å². The molecule has 13 heavy (non-hydrogen) atoms. The Morgan fingerprint density at radius 3 is 2.46 bits per heavy atom. The summed E-state index contributed by atoms with van der Waals surface area (Å²) >= 11 is 0. The van der Waals surface area contributed by atoms with Gasteiger partial charge in [-0.25, -0.2) is 4.39 Å². The molecule has 0 fully saturated rings. The molecule has 0 aromatic heterocycles. The second-order valence-corrected chi connectivity index (χ2v) is 2.86. The molecule has 0 heterocycles. The summed E-state index contributed by atoms with van der Waals surface area (Å²) < 4.78 is 17.8. The Bertz CT molecular complexity index is 437. The third-order valence-corrected chi connectivity index (χ3v) is 2.01. The minimum Gasteiger partial charge on any atom is -0.497 e. The van der Waals surface area contributed by atoms with E-state index < -0.39 is 0 Å². The number of rotatable bonds is 1. The van der Waals surface area contributed by atoms with E-state index in [0.717, 1.165) is 16.5 Å². The van der Waals surface area contributed by atoms with Crippen molar-refractivity contribution in [1.82, 2.24) is 0 Å². The van der Waals surface area contributed by atoms with E-state index in [1.807, 2.05) is 18.2 Å². The largest absolute Gasteiger partial charge is 0.497 e. The van der Waals surface area contributed by atoms with Crippen LogP contribution in [0.3, 0.4) is 0 Å². The smallest absolute Gasteiger partial charge is 0.123 e. The fourth-order valence-corrected chi connectivity index (χ4v) is 1.32. The first kappa shape index (κ1) is 8.05. The van der Waals surface area contributed by atoms with Crippen molar-refractivity contribution in [2.75, 3.05) is 7.11 Å². The minimum absolute atomic E-state index is 0.210. The van der Waals surface area contributed by atoms with Gasteiger partial charge in [-0.1, -0.05) is 12.1 Å². The second kappa shape index (κ2) is 3.05. The van der Waals surface area contributed by atoms with Gasteiger partial charge in [-0.15, -0.1) is 0 Å². The number of fused-ring (bicyclic) bond motifs is 1. The average molecular weight is 176 g/mol. The van der Waals surface area contributed by atoms with Crippen molar-refractivity contribution < 1.29 is 9.13 Å². The Kier molecular flexibility index (Phi) is 1.89. The van der Waals surface area contributed by atoms with Gasteiger partial charge in [-0.3, -0.25) is 0 Å². The molecule has 0 saturated carbocycles. The highest BCUT2D eigenvalue weighted by molar-refractivity contribution is 5.83. The van der Waals surface area contributed by atoms with Crippen molar-refractivity contribution in [1.29, 1.82) is 0 Å². The van der Waals surface area contributed by atoms with Crippen LogP contribution in [0.5, 0.6) is 5.75 Å². The molecular formula is C11H9FO. The molecule has 2 rings (SSSR count). The van der Waals surface area contributed by atoms with Crippen LogP contribution in [0.4, 0.5) is 4.39 Å². The number of hydrogen-bond acceptors (Lipinski definition) is 1. The summed E-state index contributed by atoms with van der Waals surface area (Å²) in [6.45, 7) is 0. The highest BCUT2D eigenvalue weighted by atomic mass is 19.1. The summed E-state index contributed by atoms with van der Waals surface area (Å²) in [5.41, 5.74) is 0. The topological polar surface area (TPSA) is 9.23 Å². The van der Waals surface area contributed by atoms with E-state index in [4.69, 9.17) is 4.74 Å². The van der Waals surface area contributed by atoms with Crippen molar-refractivity contribution in [2.24, 2.45) is 0 Å². The third kappa shape index (κ3) is 1.47. The van der Waals surface area contributed by atoms with Crippen LogP contribution in [0.2, 0.25) is 0 Å². The van der Waals surface area contributed by atoms with Gasteiger partial charge in [0.1, 0.15) is 11.6 Å². The van der Waals surface area contributed by atoms with Crippen molar-refractivity contribution >= 4 is 10.8 Å². The van der Waals surface area contributed by atoms with Crippen LogP contribution < -0.4 is 4.74 Å². The number of methoxy groups -OCH3 is 1. The molecule has 2 heteroatoms. The number of halogens is 1. The van der Waals surface area contributed by atoms with Crippen LogP contribution in [0.1, 0.15) is 0 Å². The zero-order chi connectivity index (χ0) is 9.26. The van der Waals surface area contributed by atoms with E-state index in [-0.39, 0.29) is 5.82 Å². The van der Waals surface area contributed by atoms with Gasteiger partial charge in [0, 0.05) is 0 Å². The average Bonchev–Trinajstić information content (AvgIpc) is 2.17. The lowest BCUT2D eigenvalue weighted by molar-refractivity contribution is 0.415. The van der Waals surface area contributed by atoms with Gasteiger partial charge in [0.2, 0.25) is 0 Å². The molecule has 0 unspecified atom stereocenters. The Morgan fingerprint density at radius 1 is 1.00 bits per heavy atom. The normalized spacial score (nSPS) is 10.3. The Balaban J connectivity index is 2.66. The van der Waals surface area contributed by atoms with E-state index in [1.165, 1.54) is 12.1 Å². The molecule has 0 atom stereocenters. The fourth-order valence-electron chi connectivity index (χ4n) is 1.32. The van der Waals surface area contributed by atoms with Crippen molar-refractivity contribution in [3.05, 3.63) is 42.2 Å². The predicted molar refractivity (Wildman–Crippen MR) is 50.5 cm³/mol. The lowest BCUT2D eigenvalue weighted by atomic mass is 10.1. The SMILES string of the molecule is COc1ccc2cc(F)ccc2c1. The Morgan fingerprint density at radius 2 is 1.69 bits per heavy atom. The lowest BCUT2D eigenvalue weighted by Gasteiger charge is -2.01. The first-order chi connectivity index (χ1) is 6.29. The first-order valence-corrected chi connectivity index (χ1v) is 4.03. The summed E-state index contributed by atoms with van der Waals surface area (Å²) in [6.07, 6.45) is 0. The maximum Gasteiger partial charge on any atom is 0.123 e. The van der Waals surface area contributed by atoms with Crippen LogP contribution in [0.25, 0.3) is 10.8 Å². The molecule has 0 bridgehead atoms. The van der Waals surface area contributed by atoms with Crippen molar-refractivity contribution in [2.45, 2.75) is 0 Å². The van der Waals surface area contributed by atoms with Gasteiger partial charge in [-0.2, -0.15) is 0 Å². The molecule has 2 aromatic carbocycles. The monoisotopic (exact) mass is 176 g/mol. The Hall–Kier alpha value is -1.57. The molecule has 0 aliphatic rings. The summed E-state index contributed by atoms with van der Waals surface area (Å²) in [5.74, 6) is 0.580. The number of hydrogen-bond donors (Lipinski definition) is 0. The Labute approximate surface area is 75.8 Å². The summed E-state index contributed by atoms with van der Waals surface area (Å²) in [7, 11) is 1.62. The fraction of sp³-hybridized carbons (Fsp3) is 0.0909. The highest BCUT2D eigenvalue weighted by Gasteiger charge is 1.97. The van der Waals surface area contributed by atoms with Gasteiger partial charge in [0.05, 0.1) is 7.11 Å². The van der Waals surface area contributed by atoms with Crippen molar-refractivity contribution in [3.8, 4) is 5.75 Å². The molecule has 0 N–H and O–H groups in total. The van der Waals surface area contributed by atoms with Gasteiger partial charge in [0.15, 0.2) is 0 Å². The van der Waals surface area contributed by atoms with Gasteiger partial charge < -0.3 is 4.74 Å². The summed E-state index contributed by atoms with van der Waals surface area (Å²) in [4.78, 5) is 0. The molecule has 0 radical (unpaired) electrons. The van der Waals surface area contributed by atoms with Gasteiger partial charge in [-0.05, 0) is 35.0 Å². The second-order valence-electron chi connectivity index (χ2n) is 2.86.